The van der Waals surface area contributed by atoms with Crippen molar-refractivity contribution in [1.82, 2.24) is 20.1 Å². The molecule has 1 aliphatic heterocycles. The number of nitrogens with zero attached hydrogens (tertiary/aromatic N) is 5. The Balaban J connectivity index is 1.22. The number of pyridine rings is 1. The highest BCUT2D eigenvalue weighted by atomic mass is 16.5. The zero-order chi connectivity index (χ0) is 21.9. The lowest BCUT2D eigenvalue weighted by Crippen LogP contribution is -2.49. The number of piperazine rings is 1. The maximum atomic E-state index is 13.0. The average molecular weight is 430 g/mol. The van der Waals surface area contributed by atoms with Gasteiger partial charge in [0.05, 0.1) is 7.11 Å². The van der Waals surface area contributed by atoms with Crippen LogP contribution in [0.25, 0.3) is 11.0 Å². The monoisotopic (exact) mass is 430 g/mol. The predicted molar refractivity (Wildman–Crippen MR) is 120 cm³/mol. The summed E-state index contributed by atoms with van der Waals surface area (Å²) in [7, 11) is 1.59. The number of hydrogen-bond acceptors (Lipinski definition) is 8. The first-order valence-electron chi connectivity index (χ1n) is 10.3. The van der Waals surface area contributed by atoms with Crippen molar-refractivity contribution in [3.05, 3.63) is 66.6 Å². The van der Waals surface area contributed by atoms with Crippen LogP contribution in [0, 0.1) is 0 Å². The third-order valence-corrected chi connectivity index (χ3v) is 5.40. The summed E-state index contributed by atoms with van der Waals surface area (Å²) in [4.78, 5) is 21.1. The zero-order valence-corrected chi connectivity index (χ0v) is 17.6. The summed E-state index contributed by atoms with van der Waals surface area (Å²) in [5, 5.41) is 12.5. The molecule has 0 aliphatic carbocycles. The maximum absolute atomic E-state index is 13.0. The Labute approximate surface area is 184 Å². The lowest BCUT2D eigenvalue weighted by Gasteiger charge is -2.34. The van der Waals surface area contributed by atoms with Crippen molar-refractivity contribution in [2.24, 2.45) is 0 Å². The van der Waals surface area contributed by atoms with Crippen LogP contribution in [-0.4, -0.2) is 59.3 Å². The van der Waals surface area contributed by atoms with E-state index in [2.05, 4.69) is 25.4 Å². The number of methoxy groups -OCH3 is 1. The molecule has 1 aliphatic rings. The number of fused-ring (bicyclic) bond motifs is 1. The number of nitrogens with one attached hydrogen (secondary N) is 1. The van der Waals surface area contributed by atoms with E-state index in [0.29, 0.717) is 54.9 Å². The number of anilines is 3. The molecule has 162 valence electrons. The normalized spacial score (nSPS) is 13.9. The van der Waals surface area contributed by atoms with Crippen LogP contribution in [0.2, 0.25) is 0 Å². The van der Waals surface area contributed by atoms with Crippen molar-refractivity contribution in [3.8, 4) is 5.75 Å². The highest BCUT2D eigenvalue weighted by Gasteiger charge is 2.25. The smallest absolute Gasteiger partial charge is 0.289 e. The minimum Gasteiger partial charge on any atom is -0.493 e. The van der Waals surface area contributed by atoms with E-state index in [-0.39, 0.29) is 5.91 Å². The van der Waals surface area contributed by atoms with Gasteiger partial charge in [0, 0.05) is 37.8 Å². The molecule has 4 heterocycles. The Morgan fingerprint density at radius 1 is 1.00 bits per heavy atom. The van der Waals surface area contributed by atoms with Gasteiger partial charge in [0.2, 0.25) is 0 Å². The molecule has 1 amide bonds. The third kappa shape index (κ3) is 3.92. The first-order valence-corrected chi connectivity index (χ1v) is 10.3. The molecule has 0 unspecified atom stereocenters. The summed E-state index contributed by atoms with van der Waals surface area (Å²) in [6.07, 6.45) is 1.72. The number of furan rings is 1. The molecule has 3 aromatic heterocycles. The van der Waals surface area contributed by atoms with Gasteiger partial charge >= 0.3 is 0 Å². The number of para-hydroxylation sites is 1. The molecule has 32 heavy (non-hydrogen) atoms. The molecular weight excluding hydrogens is 408 g/mol. The topological polar surface area (TPSA) is 96.6 Å². The summed E-state index contributed by atoms with van der Waals surface area (Å²) in [5.74, 6) is 2.93. The molecule has 0 bridgehead atoms. The molecule has 0 radical (unpaired) electrons. The van der Waals surface area contributed by atoms with Crippen LogP contribution in [0.4, 0.5) is 17.5 Å². The van der Waals surface area contributed by atoms with E-state index in [0.717, 1.165) is 11.2 Å². The Morgan fingerprint density at radius 3 is 2.59 bits per heavy atom. The quantitative estimate of drug-likeness (QED) is 0.515. The highest BCUT2D eigenvalue weighted by Crippen LogP contribution is 2.29. The van der Waals surface area contributed by atoms with Crippen molar-refractivity contribution in [2.75, 3.05) is 43.5 Å². The van der Waals surface area contributed by atoms with Gasteiger partial charge in [-0.2, -0.15) is 0 Å². The minimum absolute atomic E-state index is 0.121. The number of amides is 1. The van der Waals surface area contributed by atoms with Gasteiger partial charge in [-0.3, -0.25) is 4.79 Å². The summed E-state index contributed by atoms with van der Waals surface area (Å²) < 4.78 is 11.1. The molecular formula is C23H22N6O3. The first-order chi connectivity index (χ1) is 15.7. The zero-order valence-electron chi connectivity index (χ0n) is 17.6. The molecule has 0 spiro atoms. The first kappa shape index (κ1) is 19.8. The van der Waals surface area contributed by atoms with Gasteiger partial charge in [0.1, 0.15) is 5.82 Å². The van der Waals surface area contributed by atoms with Crippen LogP contribution in [0.3, 0.4) is 0 Å². The molecule has 9 heteroatoms. The number of aromatic nitrogens is 3. The van der Waals surface area contributed by atoms with Crippen molar-refractivity contribution in [2.45, 2.75) is 0 Å². The number of carbonyl (C=O) groups excluding carboxylic acids is 1. The van der Waals surface area contributed by atoms with Gasteiger partial charge in [-0.1, -0.05) is 18.2 Å². The summed E-state index contributed by atoms with van der Waals surface area (Å²) in [6, 6.07) is 16.8. The van der Waals surface area contributed by atoms with E-state index >= 15 is 0 Å². The molecule has 1 fully saturated rings. The number of hydrogen-bond donors (Lipinski definition) is 1. The number of benzene rings is 1. The molecule has 4 aromatic rings. The standard InChI is InChI=1S/C23H22N6O3/c1-31-17-6-4-5-16-15-18(32-22(16)17)23(30)29-13-11-28(12-14-29)21-9-8-20(26-27-21)25-19-7-2-3-10-24-19/h2-10,15H,11-14H2,1H3,(H,24,25,26). The molecule has 1 saturated heterocycles. The second kappa shape index (κ2) is 8.54. The number of carbonyl (C=O) groups is 1. The lowest BCUT2D eigenvalue weighted by molar-refractivity contribution is 0.0716. The SMILES string of the molecule is COc1cccc2cc(C(=O)N3CCN(c4ccc(Nc5ccccn5)nn4)CC3)oc12. The van der Waals surface area contributed by atoms with Gasteiger partial charge in [0.25, 0.3) is 5.91 Å². The number of ether oxygens (including phenoxy) is 1. The lowest BCUT2D eigenvalue weighted by atomic mass is 10.2. The van der Waals surface area contributed by atoms with Crippen LogP contribution in [0.15, 0.2) is 65.2 Å². The maximum Gasteiger partial charge on any atom is 0.289 e. The molecule has 1 N–H and O–H groups in total. The fourth-order valence-electron chi connectivity index (χ4n) is 3.73. The largest absolute Gasteiger partial charge is 0.493 e. The van der Waals surface area contributed by atoms with Crippen LogP contribution in [0.5, 0.6) is 5.75 Å². The Kier molecular flexibility index (Phi) is 5.29. The molecule has 0 saturated carbocycles. The molecule has 1 aromatic carbocycles. The summed E-state index contributed by atoms with van der Waals surface area (Å²) >= 11 is 0. The van der Waals surface area contributed by atoms with E-state index in [4.69, 9.17) is 9.15 Å². The van der Waals surface area contributed by atoms with Crippen LogP contribution >= 0.6 is 0 Å². The van der Waals surface area contributed by atoms with E-state index in [1.807, 2.05) is 48.5 Å². The van der Waals surface area contributed by atoms with Crippen LogP contribution in [-0.2, 0) is 0 Å². The van der Waals surface area contributed by atoms with E-state index in [9.17, 15) is 4.79 Å². The van der Waals surface area contributed by atoms with Crippen LogP contribution in [0.1, 0.15) is 10.6 Å². The molecule has 0 atom stereocenters. The summed E-state index contributed by atoms with van der Waals surface area (Å²) in [6.45, 7) is 2.47. The van der Waals surface area contributed by atoms with Crippen molar-refractivity contribution in [1.29, 1.82) is 0 Å². The van der Waals surface area contributed by atoms with Gasteiger partial charge in [-0.15, -0.1) is 10.2 Å². The van der Waals surface area contributed by atoms with Gasteiger partial charge in [0.15, 0.2) is 28.7 Å². The Hall–Kier alpha value is -4.14. The van der Waals surface area contributed by atoms with Gasteiger partial charge in [-0.25, -0.2) is 4.98 Å². The van der Waals surface area contributed by atoms with Crippen molar-refractivity contribution < 1.29 is 13.9 Å². The third-order valence-electron chi connectivity index (χ3n) is 5.40. The second-order valence-electron chi connectivity index (χ2n) is 7.39. The molecule has 5 rings (SSSR count). The average Bonchev–Trinajstić information content (AvgIpc) is 3.29. The van der Waals surface area contributed by atoms with E-state index < -0.39 is 0 Å². The predicted octanol–water partition coefficient (Wildman–Crippen LogP) is 3.33. The van der Waals surface area contributed by atoms with Gasteiger partial charge < -0.3 is 24.3 Å². The second-order valence-corrected chi connectivity index (χ2v) is 7.39. The fraction of sp³-hybridized carbons (Fsp3) is 0.217. The van der Waals surface area contributed by atoms with Crippen LogP contribution < -0.4 is 15.0 Å². The van der Waals surface area contributed by atoms with Gasteiger partial charge in [-0.05, 0) is 36.4 Å². The fourth-order valence-corrected chi connectivity index (χ4v) is 3.73. The summed E-state index contributed by atoms with van der Waals surface area (Å²) in [5.41, 5.74) is 0.590. The van der Waals surface area contributed by atoms with E-state index in [1.54, 1.807) is 24.3 Å². The number of rotatable bonds is 5. The van der Waals surface area contributed by atoms with Crippen molar-refractivity contribution >= 4 is 34.3 Å². The minimum atomic E-state index is -0.121. The highest BCUT2D eigenvalue weighted by molar-refractivity contribution is 5.97. The Bertz CT molecular complexity index is 1220. The Morgan fingerprint density at radius 2 is 1.88 bits per heavy atom. The van der Waals surface area contributed by atoms with Crippen molar-refractivity contribution in [3.63, 3.8) is 0 Å². The van der Waals surface area contributed by atoms with E-state index in [1.165, 1.54) is 0 Å². The molecule has 9 nitrogen and oxygen atoms in total.